The Bertz CT molecular complexity index is 1380. The van der Waals surface area contributed by atoms with Gasteiger partial charge in [0.05, 0.1) is 0 Å². The van der Waals surface area contributed by atoms with Crippen LogP contribution in [0.5, 0.6) is 11.5 Å². The Morgan fingerprint density at radius 3 is 2.49 bits per heavy atom. The lowest BCUT2D eigenvalue weighted by Crippen LogP contribution is -2.46. The van der Waals surface area contributed by atoms with Crippen LogP contribution in [0.1, 0.15) is 34.3 Å². The summed E-state index contributed by atoms with van der Waals surface area (Å²) < 4.78 is 32.6. The Labute approximate surface area is 248 Å². The third-order valence-electron chi connectivity index (χ3n) is 7.16. The normalized spacial score (nSPS) is 14.3. The SMILES string of the molecule is O=C(O)c1cc(OC[C@@H](O)CNCCc2ccc(NC3CCN(C(=O)NCc4cc(F)ccc4F)CC3)cc2)ccc1O. The van der Waals surface area contributed by atoms with Gasteiger partial charge in [0, 0.05) is 43.5 Å². The molecule has 1 fully saturated rings. The van der Waals surface area contributed by atoms with Crippen LogP contribution < -0.4 is 20.7 Å². The van der Waals surface area contributed by atoms with Gasteiger partial charge in [0.2, 0.25) is 0 Å². The minimum atomic E-state index is -1.27. The second-order valence-electron chi connectivity index (χ2n) is 10.4. The zero-order valence-corrected chi connectivity index (χ0v) is 23.6. The quantitative estimate of drug-likeness (QED) is 0.164. The number of carbonyl (C=O) groups excluding carboxylic acids is 1. The van der Waals surface area contributed by atoms with E-state index in [1.54, 1.807) is 4.90 Å². The van der Waals surface area contributed by atoms with Crippen molar-refractivity contribution in [2.24, 2.45) is 0 Å². The maximum Gasteiger partial charge on any atom is 0.339 e. The summed E-state index contributed by atoms with van der Waals surface area (Å²) in [6.07, 6.45) is 1.46. The third-order valence-corrected chi connectivity index (χ3v) is 7.16. The molecular weight excluding hydrogens is 562 g/mol. The highest BCUT2D eigenvalue weighted by Crippen LogP contribution is 2.23. The van der Waals surface area contributed by atoms with Crippen LogP contribution in [-0.2, 0) is 13.0 Å². The summed E-state index contributed by atoms with van der Waals surface area (Å²) in [4.78, 5) is 25.3. The number of anilines is 1. The molecule has 2 amide bonds. The van der Waals surface area contributed by atoms with E-state index in [0.717, 1.165) is 48.7 Å². The molecule has 0 saturated carbocycles. The first kappa shape index (κ1) is 31.5. The summed E-state index contributed by atoms with van der Waals surface area (Å²) in [5.41, 5.74) is 1.94. The fourth-order valence-electron chi connectivity index (χ4n) is 4.72. The van der Waals surface area contributed by atoms with E-state index in [-0.39, 0.29) is 47.9 Å². The number of aliphatic hydroxyl groups is 1. The predicted molar refractivity (Wildman–Crippen MR) is 156 cm³/mol. The molecule has 0 radical (unpaired) electrons. The van der Waals surface area contributed by atoms with Gasteiger partial charge >= 0.3 is 12.0 Å². The average Bonchev–Trinajstić information content (AvgIpc) is 3.00. The first-order valence-corrected chi connectivity index (χ1v) is 14.1. The van der Waals surface area contributed by atoms with Gasteiger partial charge < -0.3 is 40.9 Å². The van der Waals surface area contributed by atoms with Crippen LogP contribution in [0.15, 0.2) is 60.7 Å². The number of likely N-dealkylation sites (tertiary alicyclic amines) is 1. The lowest BCUT2D eigenvalue weighted by atomic mass is 10.0. The van der Waals surface area contributed by atoms with Gasteiger partial charge in [-0.2, -0.15) is 0 Å². The lowest BCUT2D eigenvalue weighted by molar-refractivity contribution is 0.0692. The third kappa shape index (κ3) is 9.55. The summed E-state index contributed by atoms with van der Waals surface area (Å²) in [5, 5.41) is 38.1. The second kappa shape index (κ2) is 15.2. The van der Waals surface area contributed by atoms with Gasteiger partial charge in [0.15, 0.2) is 0 Å². The number of aromatic hydroxyl groups is 1. The molecule has 0 bridgehead atoms. The molecule has 0 unspecified atom stereocenters. The van der Waals surface area contributed by atoms with Gasteiger partial charge in [0.1, 0.15) is 41.4 Å². The van der Waals surface area contributed by atoms with Crippen LogP contribution in [0, 0.1) is 11.6 Å². The monoisotopic (exact) mass is 598 g/mol. The van der Waals surface area contributed by atoms with Crippen LogP contribution in [-0.4, -0.2) is 77.2 Å². The molecule has 3 aromatic rings. The van der Waals surface area contributed by atoms with Crippen molar-refractivity contribution < 1.29 is 38.4 Å². The Morgan fingerprint density at radius 1 is 1.02 bits per heavy atom. The smallest absolute Gasteiger partial charge is 0.339 e. The van der Waals surface area contributed by atoms with E-state index in [4.69, 9.17) is 9.84 Å². The summed E-state index contributed by atoms with van der Waals surface area (Å²) in [7, 11) is 0. The first-order valence-electron chi connectivity index (χ1n) is 14.1. The van der Waals surface area contributed by atoms with E-state index in [9.17, 15) is 28.6 Å². The van der Waals surface area contributed by atoms with Gasteiger partial charge in [-0.3, -0.25) is 0 Å². The minimum absolute atomic E-state index is 0.0320. The number of rotatable bonds is 13. The molecule has 1 aliphatic rings. The van der Waals surface area contributed by atoms with Gasteiger partial charge in [-0.05, 0) is 79.9 Å². The van der Waals surface area contributed by atoms with Crippen LogP contribution in [0.4, 0.5) is 19.3 Å². The van der Waals surface area contributed by atoms with Crippen molar-refractivity contribution in [3.05, 3.63) is 89.0 Å². The fraction of sp³-hybridized carbons (Fsp3) is 0.355. The zero-order valence-electron chi connectivity index (χ0n) is 23.6. The summed E-state index contributed by atoms with van der Waals surface area (Å²) in [6.45, 7) is 1.92. The summed E-state index contributed by atoms with van der Waals surface area (Å²) in [6, 6.07) is 15.0. The first-order chi connectivity index (χ1) is 20.7. The van der Waals surface area contributed by atoms with Crippen LogP contribution in [0.3, 0.4) is 0 Å². The number of ether oxygens (including phenoxy) is 1. The highest BCUT2D eigenvalue weighted by Gasteiger charge is 2.23. The molecule has 6 N–H and O–H groups in total. The molecular formula is C31H36F2N4O6. The number of nitrogens with one attached hydrogen (secondary N) is 3. The topological polar surface area (TPSA) is 143 Å². The number of amides is 2. The van der Waals surface area contributed by atoms with Gasteiger partial charge in [-0.25, -0.2) is 18.4 Å². The number of phenols is 1. The lowest BCUT2D eigenvalue weighted by Gasteiger charge is -2.33. The van der Waals surface area contributed by atoms with Gasteiger partial charge in [0.25, 0.3) is 0 Å². The number of halogens is 2. The van der Waals surface area contributed by atoms with Crippen molar-refractivity contribution in [3.63, 3.8) is 0 Å². The molecule has 12 heteroatoms. The summed E-state index contributed by atoms with van der Waals surface area (Å²) in [5.74, 6) is -2.48. The van der Waals surface area contributed by atoms with E-state index in [0.29, 0.717) is 26.2 Å². The number of hydrogen-bond acceptors (Lipinski definition) is 7. The number of carboxylic acids is 1. The number of aromatic carboxylic acids is 1. The van der Waals surface area contributed by atoms with E-state index in [2.05, 4.69) is 16.0 Å². The average molecular weight is 599 g/mol. The Hall–Kier alpha value is -4.42. The molecule has 4 rings (SSSR count). The minimum Gasteiger partial charge on any atom is -0.507 e. The largest absolute Gasteiger partial charge is 0.507 e. The molecule has 3 aromatic carbocycles. The number of benzene rings is 3. The van der Waals surface area contributed by atoms with Gasteiger partial charge in [-0.15, -0.1) is 0 Å². The molecule has 1 heterocycles. The van der Waals surface area contributed by atoms with Crippen LogP contribution in [0.25, 0.3) is 0 Å². The van der Waals surface area contributed by atoms with Crippen molar-refractivity contribution in [2.75, 3.05) is 38.1 Å². The number of carboxylic acid groups (broad SMARTS) is 1. The number of nitrogens with zero attached hydrogens (tertiary/aromatic N) is 1. The standard InChI is InChI=1S/C31H36F2N4O6/c32-22-3-7-28(33)21(15-22)17-35-31(42)37-13-10-24(11-14-37)36-23-4-1-20(2-5-23)9-12-34-18-25(38)19-43-26-6-8-29(39)27(16-26)30(40)41/h1-8,15-16,24-25,34,36,38-39H,9-14,17-19H2,(H,35,42)(H,40,41)/t25-/m0/s1. The van der Waals surface area contributed by atoms with Crippen molar-refractivity contribution in [3.8, 4) is 11.5 Å². The highest BCUT2D eigenvalue weighted by molar-refractivity contribution is 5.91. The van der Waals surface area contributed by atoms with Crippen molar-refractivity contribution in [2.45, 2.75) is 38.0 Å². The van der Waals surface area contributed by atoms with E-state index in [1.807, 2.05) is 24.3 Å². The molecule has 0 aliphatic carbocycles. The molecule has 1 saturated heterocycles. The van der Waals surface area contributed by atoms with Crippen LogP contribution in [0.2, 0.25) is 0 Å². The molecule has 10 nitrogen and oxygen atoms in total. The molecule has 1 atom stereocenters. The van der Waals surface area contributed by atoms with Crippen molar-refractivity contribution in [1.82, 2.24) is 15.5 Å². The number of aliphatic hydroxyl groups excluding tert-OH is 1. The number of hydrogen-bond donors (Lipinski definition) is 6. The van der Waals surface area contributed by atoms with Gasteiger partial charge in [-0.1, -0.05) is 12.1 Å². The van der Waals surface area contributed by atoms with Crippen molar-refractivity contribution in [1.29, 1.82) is 0 Å². The molecule has 43 heavy (non-hydrogen) atoms. The molecule has 0 aromatic heterocycles. The summed E-state index contributed by atoms with van der Waals surface area (Å²) >= 11 is 0. The molecule has 1 aliphatic heterocycles. The van der Waals surface area contributed by atoms with Crippen LogP contribution >= 0.6 is 0 Å². The number of urea groups is 1. The predicted octanol–water partition coefficient (Wildman–Crippen LogP) is 3.73. The Morgan fingerprint density at radius 2 is 1.77 bits per heavy atom. The second-order valence-corrected chi connectivity index (χ2v) is 10.4. The van der Waals surface area contributed by atoms with E-state index in [1.165, 1.54) is 18.2 Å². The van der Waals surface area contributed by atoms with Crippen molar-refractivity contribution >= 4 is 17.7 Å². The Kier molecular flexibility index (Phi) is 11.1. The van der Waals surface area contributed by atoms with E-state index >= 15 is 0 Å². The highest BCUT2D eigenvalue weighted by atomic mass is 19.1. The fourth-order valence-corrected chi connectivity index (χ4v) is 4.72. The van der Waals surface area contributed by atoms with E-state index < -0.39 is 23.7 Å². The number of carbonyl (C=O) groups is 2. The maximum absolute atomic E-state index is 13.8. The number of piperidine rings is 1. The maximum atomic E-state index is 13.8. The molecule has 0 spiro atoms. The zero-order chi connectivity index (χ0) is 30.8. The molecule has 230 valence electrons. The Balaban J connectivity index is 1.10.